The monoisotopic (exact) mass is 237 g/mol. The van der Waals surface area contributed by atoms with Gasteiger partial charge in [-0.1, -0.05) is 36.2 Å². The van der Waals surface area contributed by atoms with E-state index in [1.54, 1.807) is 11.1 Å². The van der Waals surface area contributed by atoms with Crippen LogP contribution in [0.2, 0.25) is 0 Å². The van der Waals surface area contributed by atoms with E-state index in [0.717, 1.165) is 6.42 Å². The maximum Gasteiger partial charge on any atom is 0.260 e. The van der Waals surface area contributed by atoms with Crippen LogP contribution in [-0.4, -0.2) is 21.2 Å². The lowest BCUT2D eigenvalue weighted by Gasteiger charge is -2.33. The van der Waals surface area contributed by atoms with E-state index in [9.17, 15) is 4.79 Å². The molecule has 0 aliphatic carbocycles. The molecular formula is C10H17Cl2NO. The fraction of sp³-hybridized carbons (Fsp3) is 0.700. The summed E-state index contributed by atoms with van der Waals surface area (Å²) in [5, 5.41) is 0. The van der Waals surface area contributed by atoms with Crippen molar-refractivity contribution in [1.29, 1.82) is 0 Å². The molecule has 0 unspecified atom stereocenters. The maximum absolute atomic E-state index is 11.6. The first-order chi connectivity index (χ1) is 6.30. The molecule has 0 saturated heterocycles. The smallest absolute Gasteiger partial charge is 0.260 e. The third-order valence-corrected chi connectivity index (χ3v) is 2.01. The molecule has 0 aromatic rings. The molecule has 0 aliphatic rings. The minimum absolute atomic E-state index is 0.287. The molecular weight excluding hydrogens is 221 g/mol. The van der Waals surface area contributed by atoms with Gasteiger partial charge in [0.25, 0.3) is 5.91 Å². The van der Waals surface area contributed by atoms with Crippen LogP contribution < -0.4 is 0 Å². The van der Waals surface area contributed by atoms with Gasteiger partial charge in [-0.05, 0) is 27.2 Å². The Morgan fingerprint density at radius 1 is 1.43 bits per heavy atom. The molecule has 0 aliphatic heterocycles. The van der Waals surface area contributed by atoms with E-state index in [4.69, 9.17) is 23.2 Å². The molecule has 4 heteroatoms. The lowest BCUT2D eigenvalue weighted by molar-refractivity contribution is -0.130. The first-order valence-electron chi connectivity index (χ1n) is 4.58. The van der Waals surface area contributed by atoms with Gasteiger partial charge in [-0.25, -0.2) is 0 Å². The molecule has 0 fully saturated rings. The molecule has 0 atom stereocenters. The molecule has 0 heterocycles. The second-order valence-electron chi connectivity index (χ2n) is 3.97. The number of amides is 1. The van der Waals surface area contributed by atoms with Gasteiger partial charge in [-0.3, -0.25) is 4.79 Å². The average Bonchev–Trinajstić information content (AvgIpc) is 2.02. The summed E-state index contributed by atoms with van der Waals surface area (Å²) in [5.41, 5.74) is -0.301. The summed E-state index contributed by atoms with van der Waals surface area (Å²) in [5.74, 6) is -0.287. The molecule has 0 spiro atoms. The number of alkyl halides is 2. The van der Waals surface area contributed by atoms with E-state index in [0.29, 0.717) is 0 Å². The fourth-order valence-corrected chi connectivity index (χ4v) is 1.15. The van der Waals surface area contributed by atoms with Crippen LogP contribution >= 0.6 is 23.2 Å². The standard InChI is InChI=1S/C10H17Cl2NO/c1-5-6-7-13(10(2,3)4)9(14)8(11)12/h6-8H,5H2,1-4H3. The van der Waals surface area contributed by atoms with Gasteiger partial charge < -0.3 is 4.90 Å². The Bertz CT molecular complexity index is 219. The number of hydrogen-bond donors (Lipinski definition) is 0. The van der Waals surface area contributed by atoms with Gasteiger partial charge in [0.15, 0.2) is 4.84 Å². The highest BCUT2D eigenvalue weighted by atomic mass is 35.5. The summed E-state index contributed by atoms with van der Waals surface area (Å²) >= 11 is 11.1. The number of hydrogen-bond acceptors (Lipinski definition) is 1. The van der Waals surface area contributed by atoms with Crippen LogP contribution in [0.1, 0.15) is 34.1 Å². The summed E-state index contributed by atoms with van der Waals surface area (Å²) < 4.78 is 0. The quantitative estimate of drug-likeness (QED) is 0.690. The second-order valence-corrected chi connectivity index (χ2v) is 5.07. The van der Waals surface area contributed by atoms with Crippen molar-refractivity contribution in [2.75, 3.05) is 0 Å². The molecule has 1 amide bonds. The van der Waals surface area contributed by atoms with Crippen molar-refractivity contribution < 1.29 is 4.79 Å². The van der Waals surface area contributed by atoms with Gasteiger partial charge in [-0.15, -0.1) is 0 Å². The Kier molecular flexibility index (Phi) is 5.53. The highest BCUT2D eigenvalue weighted by Crippen LogP contribution is 2.18. The zero-order valence-corrected chi connectivity index (χ0v) is 10.6. The second kappa shape index (κ2) is 5.62. The third-order valence-electron chi connectivity index (χ3n) is 1.64. The Morgan fingerprint density at radius 2 is 1.93 bits per heavy atom. The fourth-order valence-electron chi connectivity index (χ4n) is 0.944. The van der Waals surface area contributed by atoms with Crippen LogP contribution in [0.25, 0.3) is 0 Å². The third kappa shape index (κ3) is 4.34. The normalized spacial score (nSPS) is 12.5. The van der Waals surface area contributed by atoms with Crippen LogP contribution in [0.3, 0.4) is 0 Å². The highest BCUT2D eigenvalue weighted by molar-refractivity contribution is 6.53. The van der Waals surface area contributed by atoms with Crippen molar-refractivity contribution in [2.45, 2.75) is 44.5 Å². The van der Waals surface area contributed by atoms with Crippen LogP contribution in [0.15, 0.2) is 12.3 Å². The molecule has 0 rings (SSSR count). The van der Waals surface area contributed by atoms with E-state index in [2.05, 4.69) is 0 Å². The van der Waals surface area contributed by atoms with E-state index >= 15 is 0 Å². The Hall–Kier alpha value is -0.210. The Labute approximate surface area is 95.9 Å². The van der Waals surface area contributed by atoms with E-state index < -0.39 is 4.84 Å². The number of nitrogens with zero attached hydrogens (tertiary/aromatic N) is 1. The number of carbonyl (C=O) groups excluding carboxylic acids is 1. The SMILES string of the molecule is CCC=CN(C(=O)C(Cl)Cl)C(C)(C)C. The van der Waals surface area contributed by atoms with Gasteiger partial charge in [0, 0.05) is 11.7 Å². The minimum atomic E-state index is -1.00. The topological polar surface area (TPSA) is 20.3 Å². The Balaban J connectivity index is 4.74. The first kappa shape index (κ1) is 13.8. The van der Waals surface area contributed by atoms with Gasteiger partial charge in [0.2, 0.25) is 0 Å². The molecule has 0 aromatic heterocycles. The molecule has 82 valence electrons. The van der Waals surface area contributed by atoms with E-state index in [-0.39, 0.29) is 11.4 Å². The minimum Gasteiger partial charge on any atom is -0.312 e. The summed E-state index contributed by atoms with van der Waals surface area (Å²) in [6, 6.07) is 0. The predicted octanol–water partition coefficient (Wildman–Crippen LogP) is 3.34. The molecule has 0 saturated carbocycles. The zero-order valence-electron chi connectivity index (χ0n) is 9.05. The number of halogens is 2. The lowest BCUT2D eigenvalue weighted by atomic mass is 10.1. The average molecular weight is 238 g/mol. The van der Waals surface area contributed by atoms with Crippen molar-refractivity contribution in [2.24, 2.45) is 0 Å². The van der Waals surface area contributed by atoms with Gasteiger partial charge in [0.1, 0.15) is 0 Å². The maximum atomic E-state index is 11.6. The lowest BCUT2D eigenvalue weighted by Crippen LogP contribution is -2.44. The van der Waals surface area contributed by atoms with E-state index in [1.807, 2.05) is 33.8 Å². The first-order valence-corrected chi connectivity index (χ1v) is 5.46. The van der Waals surface area contributed by atoms with Crippen molar-refractivity contribution in [1.82, 2.24) is 4.90 Å². The summed E-state index contributed by atoms with van der Waals surface area (Å²) in [7, 11) is 0. The largest absolute Gasteiger partial charge is 0.312 e. The number of carbonyl (C=O) groups is 1. The van der Waals surface area contributed by atoms with Gasteiger partial charge >= 0.3 is 0 Å². The van der Waals surface area contributed by atoms with Crippen molar-refractivity contribution in [3.8, 4) is 0 Å². The van der Waals surface area contributed by atoms with Crippen molar-refractivity contribution >= 4 is 29.1 Å². The van der Waals surface area contributed by atoms with Gasteiger partial charge in [0.05, 0.1) is 0 Å². The number of allylic oxidation sites excluding steroid dienone is 1. The predicted molar refractivity (Wildman–Crippen MR) is 61.5 cm³/mol. The number of rotatable bonds is 3. The summed E-state index contributed by atoms with van der Waals surface area (Å²) in [6.07, 6.45) is 4.51. The van der Waals surface area contributed by atoms with Crippen LogP contribution in [0.5, 0.6) is 0 Å². The Morgan fingerprint density at radius 3 is 2.21 bits per heavy atom. The van der Waals surface area contributed by atoms with Crippen LogP contribution in [-0.2, 0) is 4.79 Å². The molecule has 0 N–H and O–H groups in total. The van der Waals surface area contributed by atoms with Gasteiger partial charge in [-0.2, -0.15) is 0 Å². The highest BCUT2D eigenvalue weighted by Gasteiger charge is 2.27. The van der Waals surface area contributed by atoms with E-state index in [1.165, 1.54) is 0 Å². The van der Waals surface area contributed by atoms with Crippen LogP contribution in [0.4, 0.5) is 0 Å². The van der Waals surface area contributed by atoms with Crippen LogP contribution in [0, 0.1) is 0 Å². The summed E-state index contributed by atoms with van der Waals surface area (Å²) in [4.78, 5) is 12.2. The molecule has 0 aromatic carbocycles. The summed E-state index contributed by atoms with van der Waals surface area (Å²) in [6.45, 7) is 7.80. The van der Waals surface area contributed by atoms with Crippen molar-refractivity contribution in [3.05, 3.63) is 12.3 Å². The molecule has 0 bridgehead atoms. The van der Waals surface area contributed by atoms with Crippen molar-refractivity contribution in [3.63, 3.8) is 0 Å². The molecule has 14 heavy (non-hydrogen) atoms. The molecule has 2 nitrogen and oxygen atoms in total. The zero-order chi connectivity index (χ0) is 11.4. The molecule has 0 radical (unpaired) electrons.